The van der Waals surface area contributed by atoms with Crippen LogP contribution in [0.4, 0.5) is 11.4 Å². The molecule has 0 saturated carbocycles. The number of nitrogens with one attached hydrogen (secondary N) is 2. The van der Waals surface area contributed by atoms with E-state index in [1.807, 2.05) is 0 Å². The zero-order valence-electron chi connectivity index (χ0n) is 9.37. The number of para-hydroxylation sites is 1. The quantitative estimate of drug-likeness (QED) is 0.569. The second-order valence-electron chi connectivity index (χ2n) is 3.47. The van der Waals surface area contributed by atoms with Gasteiger partial charge in [0.2, 0.25) is 5.03 Å². The fourth-order valence-corrected chi connectivity index (χ4v) is 2.58. The van der Waals surface area contributed by atoms with Crippen molar-refractivity contribution in [3.63, 3.8) is 0 Å². The lowest BCUT2D eigenvalue weighted by Gasteiger charge is -2.10. The number of hydrazine groups is 1. The third-order valence-electron chi connectivity index (χ3n) is 2.21. The van der Waals surface area contributed by atoms with Crippen LogP contribution >= 0.6 is 0 Å². The molecule has 94 valence electrons. The zero-order valence-corrected chi connectivity index (χ0v) is 10.2. The van der Waals surface area contributed by atoms with Gasteiger partial charge in [0.25, 0.3) is 10.0 Å². The Morgan fingerprint density at radius 2 is 1.78 bits per heavy atom. The number of nitrogens with two attached hydrogens (primary N) is 1. The number of aromatic nitrogens is 1. The summed E-state index contributed by atoms with van der Waals surface area (Å²) in [5.74, 6) is 5.26. The molecule has 4 N–H and O–H groups in total. The Bertz CT molecular complexity index is 629. The minimum absolute atomic E-state index is 0.142. The van der Waals surface area contributed by atoms with Crippen LogP contribution in [-0.2, 0) is 10.0 Å². The molecule has 6 nitrogen and oxygen atoms in total. The standard InChI is InChI=1S/C11H12N4O2S/c12-14-10-7-4-8-13-11(10)18(16,17)15-9-5-2-1-3-6-9/h1-8,14-15H,12H2. The summed E-state index contributed by atoms with van der Waals surface area (Å²) in [7, 11) is -3.76. The van der Waals surface area contributed by atoms with E-state index in [4.69, 9.17) is 5.84 Å². The molecule has 0 bridgehead atoms. The lowest BCUT2D eigenvalue weighted by molar-refractivity contribution is 0.598. The summed E-state index contributed by atoms with van der Waals surface area (Å²) in [6.45, 7) is 0. The molecule has 2 rings (SSSR count). The van der Waals surface area contributed by atoms with Crippen molar-refractivity contribution in [2.24, 2.45) is 5.84 Å². The van der Waals surface area contributed by atoms with Crippen molar-refractivity contribution in [1.29, 1.82) is 0 Å². The highest BCUT2D eigenvalue weighted by molar-refractivity contribution is 7.92. The van der Waals surface area contributed by atoms with Gasteiger partial charge in [0, 0.05) is 11.9 Å². The number of pyridine rings is 1. The summed E-state index contributed by atoms with van der Waals surface area (Å²) >= 11 is 0. The molecule has 0 radical (unpaired) electrons. The third kappa shape index (κ3) is 2.58. The number of anilines is 2. The molecule has 0 amide bonds. The van der Waals surface area contributed by atoms with E-state index in [1.54, 1.807) is 36.4 Å². The van der Waals surface area contributed by atoms with Crippen LogP contribution in [0.15, 0.2) is 53.7 Å². The molecule has 0 aliphatic rings. The summed E-state index contributed by atoms with van der Waals surface area (Å²) in [5.41, 5.74) is 3.01. The summed E-state index contributed by atoms with van der Waals surface area (Å²) < 4.78 is 26.6. The molecule has 1 heterocycles. The first-order chi connectivity index (χ1) is 8.63. The molecule has 0 spiro atoms. The Balaban J connectivity index is 2.37. The average molecular weight is 264 g/mol. The van der Waals surface area contributed by atoms with E-state index in [9.17, 15) is 8.42 Å². The molecular formula is C11H12N4O2S. The van der Waals surface area contributed by atoms with Crippen LogP contribution in [0, 0.1) is 0 Å². The highest BCUT2D eigenvalue weighted by Crippen LogP contribution is 2.20. The van der Waals surface area contributed by atoms with E-state index in [-0.39, 0.29) is 10.7 Å². The van der Waals surface area contributed by atoms with Gasteiger partial charge in [0.1, 0.15) is 0 Å². The minimum atomic E-state index is -3.76. The molecule has 2 aromatic rings. The van der Waals surface area contributed by atoms with Gasteiger partial charge in [-0.15, -0.1) is 0 Å². The second kappa shape index (κ2) is 5.03. The molecule has 0 unspecified atom stereocenters. The van der Waals surface area contributed by atoms with Crippen LogP contribution in [0.3, 0.4) is 0 Å². The van der Waals surface area contributed by atoms with Gasteiger partial charge in [-0.05, 0) is 24.3 Å². The van der Waals surface area contributed by atoms with E-state index >= 15 is 0 Å². The molecule has 18 heavy (non-hydrogen) atoms. The minimum Gasteiger partial charge on any atom is -0.321 e. The Hall–Kier alpha value is -2.12. The Kier molecular flexibility index (Phi) is 3.45. The van der Waals surface area contributed by atoms with E-state index in [0.29, 0.717) is 5.69 Å². The van der Waals surface area contributed by atoms with Gasteiger partial charge in [-0.2, -0.15) is 8.42 Å². The summed E-state index contributed by atoms with van der Waals surface area (Å²) in [5, 5.41) is -0.142. The van der Waals surface area contributed by atoms with Gasteiger partial charge in [0.15, 0.2) is 0 Å². The summed E-state index contributed by atoms with van der Waals surface area (Å²) in [6.07, 6.45) is 1.39. The van der Waals surface area contributed by atoms with E-state index in [2.05, 4.69) is 15.1 Å². The van der Waals surface area contributed by atoms with Crippen molar-refractivity contribution in [2.45, 2.75) is 5.03 Å². The first-order valence-electron chi connectivity index (χ1n) is 5.13. The van der Waals surface area contributed by atoms with Crippen LogP contribution in [0.25, 0.3) is 0 Å². The van der Waals surface area contributed by atoms with E-state index in [0.717, 1.165) is 0 Å². The molecular weight excluding hydrogens is 252 g/mol. The highest BCUT2D eigenvalue weighted by Gasteiger charge is 2.19. The predicted octanol–water partition coefficient (Wildman–Crippen LogP) is 1.17. The molecule has 7 heteroatoms. The van der Waals surface area contributed by atoms with Crippen molar-refractivity contribution in [2.75, 3.05) is 10.1 Å². The summed E-state index contributed by atoms with van der Waals surface area (Å²) in [6, 6.07) is 11.7. The molecule has 1 aromatic heterocycles. The molecule has 0 saturated heterocycles. The Morgan fingerprint density at radius 1 is 1.06 bits per heavy atom. The van der Waals surface area contributed by atoms with Gasteiger partial charge < -0.3 is 5.43 Å². The average Bonchev–Trinajstić information content (AvgIpc) is 2.39. The lowest BCUT2D eigenvalue weighted by atomic mass is 10.3. The number of hydrogen-bond acceptors (Lipinski definition) is 5. The number of nitrogen functional groups attached to an aromatic ring is 1. The number of rotatable bonds is 4. The number of hydrogen-bond donors (Lipinski definition) is 3. The number of sulfonamides is 1. The van der Waals surface area contributed by atoms with Gasteiger partial charge >= 0.3 is 0 Å². The molecule has 1 aromatic carbocycles. The Labute approximate surface area is 105 Å². The van der Waals surface area contributed by atoms with Crippen LogP contribution in [0.5, 0.6) is 0 Å². The SMILES string of the molecule is NNc1cccnc1S(=O)(=O)Nc1ccccc1. The van der Waals surface area contributed by atoms with Gasteiger partial charge in [-0.1, -0.05) is 18.2 Å². The summed E-state index contributed by atoms with van der Waals surface area (Å²) in [4.78, 5) is 3.82. The van der Waals surface area contributed by atoms with E-state index < -0.39 is 10.0 Å². The van der Waals surface area contributed by atoms with Gasteiger partial charge in [0.05, 0.1) is 5.69 Å². The zero-order chi connectivity index (χ0) is 13.0. The Morgan fingerprint density at radius 3 is 2.44 bits per heavy atom. The number of nitrogens with zero attached hydrogens (tertiary/aromatic N) is 1. The smallest absolute Gasteiger partial charge is 0.281 e. The van der Waals surface area contributed by atoms with Crippen molar-refractivity contribution in [3.05, 3.63) is 48.7 Å². The number of benzene rings is 1. The molecule has 0 aliphatic carbocycles. The largest absolute Gasteiger partial charge is 0.321 e. The maximum atomic E-state index is 12.1. The van der Waals surface area contributed by atoms with Crippen molar-refractivity contribution < 1.29 is 8.42 Å². The van der Waals surface area contributed by atoms with Crippen LogP contribution in [0.2, 0.25) is 0 Å². The van der Waals surface area contributed by atoms with Crippen LogP contribution in [0.1, 0.15) is 0 Å². The molecule has 0 atom stereocenters. The lowest BCUT2D eigenvalue weighted by Crippen LogP contribution is -2.18. The van der Waals surface area contributed by atoms with E-state index in [1.165, 1.54) is 12.3 Å². The first kappa shape index (κ1) is 12.3. The van der Waals surface area contributed by atoms with Crippen molar-refractivity contribution >= 4 is 21.4 Å². The fraction of sp³-hybridized carbons (Fsp3) is 0. The van der Waals surface area contributed by atoms with Gasteiger partial charge in [-0.3, -0.25) is 10.6 Å². The monoisotopic (exact) mass is 264 g/mol. The fourth-order valence-electron chi connectivity index (χ4n) is 1.42. The first-order valence-corrected chi connectivity index (χ1v) is 6.61. The van der Waals surface area contributed by atoms with Crippen LogP contribution < -0.4 is 16.0 Å². The molecule has 0 fully saturated rings. The maximum absolute atomic E-state index is 12.1. The molecule has 0 aliphatic heterocycles. The third-order valence-corrected chi connectivity index (χ3v) is 3.55. The topological polar surface area (TPSA) is 97.1 Å². The van der Waals surface area contributed by atoms with Crippen molar-refractivity contribution in [3.8, 4) is 0 Å². The van der Waals surface area contributed by atoms with Gasteiger partial charge in [-0.25, -0.2) is 4.98 Å². The van der Waals surface area contributed by atoms with Crippen molar-refractivity contribution in [1.82, 2.24) is 4.98 Å². The highest BCUT2D eigenvalue weighted by atomic mass is 32.2. The maximum Gasteiger partial charge on any atom is 0.281 e. The van der Waals surface area contributed by atoms with Crippen LogP contribution in [-0.4, -0.2) is 13.4 Å². The predicted molar refractivity (Wildman–Crippen MR) is 69.3 cm³/mol. The normalized spacial score (nSPS) is 10.9. The second-order valence-corrected chi connectivity index (χ2v) is 5.07.